The summed E-state index contributed by atoms with van der Waals surface area (Å²) in [5, 5.41) is 0. The number of aryl methyl sites for hydroxylation is 1. The third kappa shape index (κ3) is 2.42. The highest BCUT2D eigenvalue weighted by Crippen LogP contribution is 2.06. The van der Waals surface area contributed by atoms with Crippen molar-refractivity contribution in [2.45, 2.75) is 12.8 Å². The Labute approximate surface area is 66.0 Å². The standard InChI is InChI=1S/C9H10NO/c10-9-5-3-8(4-6-9)2-1-7-11/h3-6H,1-2,10H2. The summed E-state index contributed by atoms with van der Waals surface area (Å²) in [6.45, 7) is 0. The van der Waals surface area contributed by atoms with Gasteiger partial charge < -0.3 is 5.73 Å². The zero-order valence-corrected chi connectivity index (χ0v) is 6.21. The van der Waals surface area contributed by atoms with E-state index in [1.54, 1.807) is 0 Å². The highest BCUT2D eigenvalue weighted by atomic mass is 16.1. The maximum absolute atomic E-state index is 9.90. The van der Waals surface area contributed by atoms with E-state index < -0.39 is 0 Å². The molecule has 0 saturated heterocycles. The fourth-order valence-corrected chi connectivity index (χ4v) is 0.880. The Hall–Kier alpha value is -1.31. The minimum Gasteiger partial charge on any atom is -0.399 e. The van der Waals surface area contributed by atoms with Crippen molar-refractivity contribution in [1.82, 2.24) is 0 Å². The van der Waals surface area contributed by atoms with Gasteiger partial charge in [-0.1, -0.05) is 12.1 Å². The Morgan fingerprint density at radius 3 is 2.45 bits per heavy atom. The van der Waals surface area contributed by atoms with Crippen molar-refractivity contribution in [2.24, 2.45) is 0 Å². The van der Waals surface area contributed by atoms with Gasteiger partial charge in [0.15, 0.2) is 6.29 Å². The average Bonchev–Trinajstić information content (AvgIpc) is 2.04. The van der Waals surface area contributed by atoms with Gasteiger partial charge in [-0.25, -0.2) is 0 Å². The molecule has 1 radical (unpaired) electrons. The van der Waals surface area contributed by atoms with Crippen molar-refractivity contribution in [3.8, 4) is 0 Å². The zero-order chi connectivity index (χ0) is 8.10. The molecule has 0 unspecified atom stereocenters. The van der Waals surface area contributed by atoms with Crippen LogP contribution in [-0.4, -0.2) is 6.29 Å². The van der Waals surface area contributed by atoms with E-state index in [-0.39, 0.29) is 0 Å². The summed E-state index contributed by atoms with van der Waals surface area (Å²) >= 11 is 0. The van der Waals surface area contributed by atoms with Crippen LogP contribution in [0.15, 0.2) is 24.3 Å². The monoisotopic (exact) mass is 148 g/mol. The molecule has 0 aromatic heterocycles. The lowest BCUT2D eigenvalue weighted by Gasteiger charge is -1.96. The van der Waals surface area contributed by atoms with Gasteiger partial charge in [0.2, 0.25) is 0 Å². The second kappa shape index (κ2) is 3.76. The molecule has 57 valence electrons. The van der Waals surface area contributed by atoms with Crippen LogP contribution in [0.3, 0.4) is 0 Å². The van der Waals surface area contributed by atoms with E-state index in [2.05, 4.69) is 0 Å². The van der Waals surface area contributed by atoms with Crippen LogP contribution in [0.4, 0.5) is 5.69 Å². The summed E-state index contributed by atoms with van der Waals surface area (Å²) in [5.74, 6) is 0. The number of benzene rings is 1. The van der Waals surface area contributed by atoms with Crippen LogP contribution in [0.2, 0.25) is 0 Å². The highest BCUT2D eigenvalue weighted by molar-refractivity contribution is 5.51. The summed E-state index contributed by atoms with van der Waals surface area (Å²) in [7, 11) is 0. The number of rotatable bonds is 3. The van der Waals surface area contributed by atoms with Crippen LogP contribution in [0.25, 0.3) is 0 Å². The number of carbonyl (C=O) groups excluding carboxylic acids is 1. The molecule has 1 aromatic rings. The smallest absolute Gasteiger partial charge is 0.198 e. The zero-order valence-electron chi connectivity index (χ0n) is 6.21. The maximum atomic E-state index is 9.90. The predicted molar refractivity (Wildman–Crippen MR) is 44.9 cm³/mol. The summed E-state index contributed by atoms with van der Waals surface area (Å²) in [5.41, 5.74) is 7.36. The molecule has 0 aliphatic carbocycles. The molecule has 0 aliphatic heterocycles. The first kappa shape index (κ1) is 7.79. The van der Waals surface area contributed by atoms with Gasteiger partial charge in [-0.05, 0) is 24.1 Å². The molecule has 0 heterocycles. The fraction of sp³-hybridized carbons (Fsp3) is 0.222. The molecule has 0 aliphatic rings. The van der Waals surface area contributed by atoms with Crippen LogP contribution in [0.5, 0.6) is 0 Å². The van der Waals surface area contributed by atoms with E-state index in [0.29, 0.717) is 6.42 Å². The van der Waals surface area contributed by atoms with Gasteiger partial charge in [-0.3, -0.25) is 4.79 Å². The lowest BCUT2D eigenvalue weighted by Crippen LogP contribution is -1.87. The van der Waals surface area contributed by atoms with Gasteiger partial charge >= 0.3 is 0 Å². The van der Waals surface area contributed by atoms with Crippen molar-refractivity contribution < 1.29 is 4.79 Å². The first-order chi connectivity index (χ1) is 5.33. The van der Waals surface area contributed by atoms with E-state index in [4.69, 9.17) is 5.73 Å². The molecule has 1 aromatic carbocycles. The van der Waals surface area contributed by atoms with Crippen LogP contribution < -0.4 is 5.73 Å². The summed E-state index contributed by atoms with van der Waals surface area (Å²) in [4.78, 5) is 9.90. The van der Waals surface area contributed by atoms with Gasteiger partial charge in [0.25, 0.3) is 0 Å². The van der Waals surface area contributed by atoms with Gasteiger partial charge in [-0.2, -0.15) is 0 Å². The van der Waals surface area contributed by atoms with E-state index >= 15 is 0 Å². The van der Waals surface area contributed by atoms with Gasteiger partial charge in [0.1, 0.15) is 0 Å². The molecule has 11 heavy (non-hydrogen) atoms. The quantitative estimate of drug-likeness (QED) is 0.657. The topological polar surface area (TPSA) is 43.1 Å². The summed E-state index contributed by atoms with van der Waals surface area (Å²) < 4.78 is 0. The lowest BCUT2D eigenvalue weighted by molar-refractivity contribution is 0.551. The average molecular weight is 148 g/mol. The van der Waals surface area contributed by atoms with Crippen molar-refractivity contribution in [2.75, 3.05) is 5.73 Å². The first-order valence-electron chi connectivity index (χ1n) is 3.52. The Morgan fingerprint density at radius 1 is 1.27 bits per heavy atom. The number of hydrogen-bond acceptors (Lipinski definition) is 2. The molecule has 1 rings (SSSR count). The number of nitrogens with two attached hydrogens (primary N) is 1. The van der Waals surface area contributed by atoms with Crippen molar-refractivity contribution in [1.29, 1.82) is 0 Å². The minimum absolute atomic E-state index is 0.462. The number of hydrogen-bond donors (Lipinski definition) is 1. The van der Waals surface area contributed by atoms with Crippen molar-refractivity contribution in [3.05, 3.63) is 29.8 Å². The second-order valence-corrected chi connectivity index (χ2v) is 2.39. The predicted octanol–water partition coefficient (Wildman–Crippen LogP) is 1.31. The van der Waals surface area contributed by atoms with Crippen LogP contribution in [-0.2, 0) is 11.2 Å². The summed E-state index contributed by atoms with van der Waals surface area (Å²) in [6.07, 6.45) is 3.07. The molecule has 0 spiro atoms. The Morgan fingerprint density at radius 2 is 1.91 bits per heavy atom. The fourth-order valence-electron chi connectivity index (χ4n) is 0.880. The molecule has 0 fully saturated rings. The molecule has 0 saturated carbocycles. The third-order valence-corrected chi connectivity index (χ3v) is 1.50. The number of nitrogen functional groups attached to an aromatic ring is 1. The largest absolute Gasteiger partial charge is 0.399 e. The summed E-state index contributed by atoms with van der Waals surface area (Å²) in [6, 6.07) is 7.51. The van der Waals surface area contributed by atoms with Gasteiger partial charge in [0.05, 0.1) is 0 Å². The van der Waals surface area contributed by atoms with E-state index in [9.17, 15) is 4.79 Å². The van der Waals surface area contributed by atoms with Crippen LogP contribution in [0, 0.1) is 0 Å². The van der Waals surface area contributed by atoms with Crippen molar-refractivity contribution >= 4 is 12.0 Å². The molecular formula is C9H10NO. The molecule has 2 nitrogen and oxygen atoms in total. The molecule has 0 bridgehead atoms. The van der Waals surface area contributed by atoms with E-state index in [1.807, 2.05) is 30.6 Å². The molecular weight excluding hydrogens is 138 g/mol. The highest BCUT2D eigenvalue weighted by Gasteiger charge is 1.91. The van der Waals surface area contributed by atoms with E-state index in [0.717, 1.165) is 17.7 Å². The molecule has 2 heteroatoms. The third-order valence-electron chi connectivity index (χ3n) is 1.50. The van der Waals surface area contributed by atoms with Gasteiger partial charge in [-0.15, -0.1) is 0 Å². The first-order valence-corrected chi connectivity index (χ1v) is 3.52. The maximum Gasteiger partial charge on any atom is 0.198 e. The normalized spacial score (nSPS) is 9.45. The van der Waals surface area contributed by atoms with E-state index in [1.165, 1.54) is 0 Å². The number of anilines is 1. The second-order valence-electron chi connectivity index (χ2n) is 2.39. The lowest BCUT2D eigenvalue weighted by atomic mass is 10.1. The van der Waals surface area contributed by atoms with Crippen molar-refractivity contribution in [3.63, 3.8) is 0 Å². The van der Waals surface area contributed by atoms with Crippen LogP contribution >= 0.6 is 0 Å². The Kier molecular flexibility index (Phi) is 2.66. The van der Waals surface area contributed by atoms with Gasteiger partial charge in [0, 0.05) is 12.1 Å². The van der Waals surface area contributed by atoms with Crippen LogP contribution in [0.1, 0.15) is 12.0 Å². The Balaban J connectivity index is 2.58. The SMILES string of the molecule is Nc1ccc(CC[C]=O)cc1. The molecule has 0 amide bonds. The molecule has 0 atom stereocenters. The minimum atomic E-state index is 0.462. The Bertz CT molecular complexity index is 228. The molecule has 2 N–H and O–H groups in total.